The lowest BCUT2D eigenvalue weighted by atomic mass is 9.89. The van der Waals surface area contributed by atoms with Crippen LogP contribution in [0.25, 0.3) is 10.4 Å². The fourth-order valence-corrected chi connectivity index (χ4v) is 3.39. The van der Waals surface area contributed by atoms with Crippen molar-refractivity contribution in [2.75, 3.05) is 0 Å². The van der Waals surface area contributed by atoms with Crippen molar-refractivity contribution in [2.45, 2.75) is 51.9 Å². The van der Waals surface area contributed by atoms with E-state index in [0.29, 0.717) is 0 Å². The quantitative estimate of drug-likeness (QED) is 0.540. The first-order valence-corrected chi connectivity index (χ1v) is 8.37. The van der Waals surface area contributed by atoms with Crippen LogP contribution in [0.2, 0.25) is 0 Å². The topological polar surface area (TPSA) is 0 Å². The molecule has 0 aliphatic rings. The van der Waals surface area contributed by atoms with Gasteiger partial charge in [-0.1, -0.05) is 63.4 Å². The van der Waals surface area contributed by atoms with Crippen molar-refractivity contribution in [3.8, 4) is 10.4 Å². The molecule has 0 amide bonds. The second kappa shape index (κ2) is 7.49. The van der Waals surface area contributed by atoms with Gasteiger partial charge >= 0.3 is 0 Å². The summed E-state index contributed by atoms with van der Waals surface area (Å²) in [6, 6.07) is 13.5. The number of thiophene rings is 1. The summed E-state index contributed by atoms with van der Waals surface area (Å²) in [5.41, 5.74) is 2.91. The van der Waals surface area contributed by atoms with E-state index in [0.717, 1.165) is 5.92 Å². The van der Waals surface area contributed by atoms with Gasteiger partial charge in [0, 0.05) is 4.88 Å². The Morgan fingerprint density at radius 2 is 1.89 bits per heavy atom. The minimum atomic E-state index is 0.741. The highest BCUT2D eigenvalue weighted by molar-refractivity contribution is 7.13. The molecule has 0 spiro atoms. The third-order valence-electron chi connectivity index (χ3n) is 3.71. The summed E-state index contributed by atoms with van der Waals surface area (Å²) in [4.78, 5) is 1.38. The molecule has 1 aromatic heterocycles. The third-order valence-corrected chi connectivity index (χ3v) is 4.63. The van der Waals surface area contributed by atoms with Gasteiger partial charge in [-0.05, 0) is 41.3 Å². The number of hydrogen-bond acceptors (Lipinski definition) is 1. The number of benzene rings is 1. The Kier molecular flexibility index (Phi) is 5.65. The predicted molar refractivity (Wildman–Crippen MR) is 86.9 cm³/mol. The van der Waals surface area contributed by atoms with E-state index in [2.05, 4.69) is 55.6 Å². The van der Waals surface area contributed by atoms with E-state index in [9.17, 15) is 0 Å². The van der Waals surface area contributed by atoms with Crippen LogP contribution in [0.5, 0.6) is 0 Å². The molecule has 0 saturated carbocycles. The molecular formula is C18H24S. The van der Waals surface area contributed by atoms with Gasteiger partial charge in [0.05, 0.1) is 0 Å². The van der Waals surface area contributed by atoms with E-state index < -0.39 is 0 Å². The predicted octanol–water partition coefficient (Wildman–Crippen LogP) is 6.49. The second-order valence-electron chi connectivity index (χ2n) is 5.23. The Labute approximate surface area is 121 Å². The van der Waals surface area contributed by atoms with Gasteiger partial charge < -0.3 is 0 Å². The molecule has 0 aliphatic carbocycles. The summed E-state index contributed by atoms with van der Waals surface area (Å²) >= 11 is 1.83. The molecule has 1 aromatic carbocycles. The van der Waals surface area contributed by atoms with Crippen molar-refractivity contribution in [1.29, 1.82) is 0 Å². The molecule has 0 bridgehead atoms. The SMILES string of the molecule is CCCCC(CCC)c1cccc(-c2cccs2)c1. The van der Waals surface area contributed by atoms with Gasteiger partial charge in [0.2, 0.25) is 0 Å². The molecule has 1 atom stereocenters. The average molecular weight is 272 g/mol. The van der Waals surface area contributed by atoms with Gasteiger partial charge in [0.1, 0.15) is 0 Å². The first kappa shape index (κ1) is 14.3. The van der Waals surface area contributed by atoms with Crippen molar-refractivity contribution in [3.05, 3.63) is 47.3 Å². The van der Waals surface area contributed by atoms with Crippen molar-refractivity contribution in [2.24, 2.45) is 0 Å². The van der Waals surface area contributed by atoms with Crippen LogP contribution in [0.3, 0.4) is 0 Å². The molecule has 102 valence electrons. The smallest absolute Gasteiger partial charge is 0.0342 e. The Hall–Kier alpha value is -1.08. The van der Waals surface area contributed by atoms with Crippen molar-refractivity contribution in [3.63, 3.8) is 0 Å². The standard InChI is InChI=1S/C18H24S/c1-3-5-9-15(8-4-2)16-10-6-11-17(14-16)18-12-7-13-19-18/h6-7,10-15H,3-5,8-9H2,1-2H3. The summed E-state index contributed by atoms with van der Waals surface area (Å²) < 4.78 is 0. The van der Waals surface area contributed by atoms with Gasteiger partial charge in [-0.2, -0.15) is 0 Å². The molecule has 0 aliphatic heterocycles. The summed E-state index contributed by atoms with van der Waals surface area (Å²) in [6.07, 6.45) is 6.56. The minimum Gasteiger partial charge on any atom is -0.144 e. The van der Waals surface area contributed by atoms with Gasteiger partial charge in [-0.3, -0.25) is 0 Å². The summed E-state index contributed by atoms with van der Waals surface area (Å²) in [5, 5.41) is 2.16. The monoisotopic (exact) mass is 272 g/mol. The molecule has 0 N–H and O–H groups in total. The highest BCUT2D eigenvalue weighted by Crippen LogP contribution is 2.31. The molecule has 0 nitrogen and oxygen atoms in total. The van der Waals surface area contributed by atoms with Gasteiger partial charge in [-0.25, -0.2) is 0 Å². The first-order chi connectivity index (χ1) is 9.35. The zero-order valence-electron chi connectivity index (χ0n) is 12.1. The van der Waals surface area contributed by atoms with Crippen LogP contribution >= 0.6 is 11.3 Å². The molecule has 1 unspecified atom stereocenters. The Balaban J connectivity index is 2.20. The molecule has 1 heteroatoms. The highest BCUT2D eigenvalue weighted by atomic mass is 32.1. The van der Waals surface area contributed by atoms with Gasteiger partial charge in [-0.15, -0.1) is 11.3 Å². The summed E-state index contributed by atoms with van der Waals surface area (Å²) in [5.74, 6) is 0.741. The van der Waals surface area contributed by atoms with Crippen molar-refractivity contribution in [1.82, 2.24) is 0 Å². The summed E-state index contributed by atoms with van der Waals surface area (Å²) in [7, 11) is 0. The molecule has 0 fully saturated rings. The lowest BCUT2D eigenvalue weighted by molar-refractivity contribution is 0.541. The van der Waals surface area contributed by atoms with Crippen LogP contribution in [-0.4, -0.2) is 0 Å². The van der Waals surface area contributed by atoms with E-state index in [-0.39, 0.29) is 0 Å². The largest absolute Gasteiger partial charge is 0.144 e. The Bertz CT molecular complexity index is 470. The number of unbranched alkanes of at least 4 members (excludes halogenated alkanes) is 1. The Morgan fingerprint density at radius 1 is 1.00 bits per heavy atom. The molecule has 19 heavy (non-hydrogen) atoms. The van der Waals surface area contributed by atoms with Crippen molar-refractivity contribution < 1.29 is 0 Å². The summed E-state index contributed by atoms with van der Waals surface area (Å²) in [6.45, 7) is 4.58. The fourth-order valence-electron chi connectivity index (χ4n) is 2.67. The number of rotatable bonds is 7. The normalized spacial score (nSPS) is 12.5. The zero-order valence-corrected chi connectivity index (χ0v) is 12.9. The highest BCUT2D eigenvalue weighted by Gasteiger charge is 2.11. The third kappa shape index (κ3) is 3.94. The van der Waals surface area contributed by atoms with Gasteiger partial charge in [0.25, 0.3) is 0 Å². The average Bonchev–Trinajstić information content (AvgIpc) is 2.98. The molecule has 2 aromatic rings. The maximum absolute atomic E-state index is 2.40. The maximum atomic E-state index is 2.40. The zero-order chi connectivity index (χ0) is 13.5. The number of hydrogen-bond donors (Lipinski definition) is 0. The van der Waals surface area contributed by atoms with Crippen LogP contribution in [-0.2, 0) is 0 Å². The van der Waals surface area contributed by atoms with E-state index in [1.165, 1.54) is 48.1 Å². The van der Waals surface area contributed by atoms with Crippen LogP contribution in [0.4, 0.5) is 0 Å². The van der Waals surface area contributed by atoms with Crippen LogP contribution in [0, 0.1) is 0 Å². The lowest BCUT2D eigenvalue weighted by Crippen LogP contribution is -1.99. The van der Waals surface area contributed by atoms with E-state index in [1.54, 1.807) is 0 Å². The van der Waals surface area contributed by atoms with Crippen molar-refractivity contribution >= 4 is 11.3 Å². The Morgan fingerprint density at radius 3 is 2.58 bits per heavy atom. The molecular weight excluding hydrogens is 248 g/mol. The van der Waals surface area contributed by atoms with E-state index in [4.69, 9.17) is 0 Å². The van der Waals surface area contributed by atoms with E-state index >= 15 is 0 Å². The second-order valence-corrected chi connectivity index (χ2v) is 6.18. The fraction of sp³-hybridized carbons (Fsp3) is 0.444. The van der Waals surface area contributed by atoms with E-state index in [1.807, 2.05) is 11.3 Å². The minimum absolute atomic E-state index is 0.741. The lowest BCUT2D eigenvalue weighted by Gasteiger charge is -2.17. The van der Waals surface area contributed by atoms with Crippen LogP contribution in [0.15, 0.2) is 41.8 Å². The molecule has 0 saturated heterocycles. The van der Waals surface area contributed by atoms with Crippen LogP contribution < -0.4 is 0 Å². The molecule has 0 radical (unpaired) electrons. The maximum Gasteiger partial charge on any atom is 0.0342 e. The van der Waals surface area contributed by atoms with Gasteiger partial charge in [0.15, 0.2) is 0 Å². The first-order valence-electron chi connectivity index (χ1n) is 7.49. The van der Waals surface area contributed by atoms with Crippen LogP contribution in [0.1, 0.15) is 57.4 Å². The molecule has 1 heterocycles. The molecule has 2 rings (SSSR count).